The minimum Gasteiger partial charge on any atom is -0.496 e. The molecule has 140 valence electrons. The molecule has 0 aromatic heterocycles. The van der Waals surface area contributed by atoms with E-state index in [1.165, 1.54) is 27.4 Å². The fourth-order valence-electron chi connectivity index (χ4n) is 2.26. The average Bonchev–Trinajstić information content (AvgIpc) is 2.68. The first-order chi connectivity index (χ1) is 12.9. The number of nitrogens with one attached hydrogen (secondary N) is 1. The fourth-order valence-corrected chi connectivity index (χ4v) is 2.61. The lowest BCUT2D eigenvalue weighted by Gasteiger charge is -2.13. The van der Waals surface area contributed by atoms with Crippen molar-refractivity contribution in [3.05, 3.63) is 51.5 Å². The summed E-state index contributed by atoms with van der Waals surface area (Å²) in [7, 11) is 4.43. The Morgan fingerprint density at radius 3 is 2.26 bits per heavy atom. The highest BCUT2D eigenvalue weighted by Crippen LogP contribution is 2.36. The van der Waals surface area contributed by atoms with Gasteiger partial charge < -0.3 is 19.5 Å². The molecule has 0 spiro atoms. The van der Waals surface area contributed by atoms with Gasteiger partial charge in [0.15, 0.2) is 0 Å². The molecule has 0 radical (unpaired) electrons. The Labute approximate surface area is 166 Å². The van der Waals surface area contributed by atoms with Crippen molar-refractivity contribution in [3.63, 3.8) is 0 Å². The van der Waals surface area contributed by atoms with E-state index in [-0.39, 0.29) is 15.6 Å². The Bertz CT molecular complexity index is 911. The van der Waals surface area contributed by atoms with E-state index in [4.69, 9.17) is 37.4 Å². The third kappa shape index (κ3) is 4.64. The number of nitrogens with zero attached hydrogens (tertiary/aromatic N) is 1. The van der Waals surface area contributed by atoms with E-state index in [2.05, 4.69) is 5.32 Å². The van der Waals surface area contributed by atoms with E-state index < -0.39 is 5.91 Å². The highest BCUT2D eigenvalue weighted by Gasteiger charge is 2.17. The van der Waals surface area contributed by atoms with Crippen molar-refractivity contribution in [2.45, 2.75) is 0 Å². The third-order valence-corrected chi connectivity index (χ3v) is 4.43. The van der Waals surface area contributed by atoms with Gasteiger partial charge in [0.1, 0.15) is 28.9 Å². The number of methoxy groups -OCH3 is 3. The summed E-state index contributed by atoms with van der Waals surface area (Å²) in [6, 6.07) is 9.91. The van der Waals surface area contributed by atoms with Gasteiger partial charge >= 0.3 is 0 Å². The van der Waals surface area contributed by atoms with Crippen molar-refractivity contribution in [1.29, 1.82) is 5.26 Å². The summed E-state index contributed by atoms with van der Waals surface area (Å²) in [5, 5.41) is 12.5. The predicted octanol–water partition coefficient (Wildman–Crippen LogP) is 4.56. The molecule has 0 saturated heterocycles. The minimum atomic E-state index is -0.651. The summed E-state index contributed by atoms with van der Waals surface area (Å²) in [6.07, 6.45) is 1.37. The van der Waals surface area contributed by atoms with Crippen LogP contribution in [0, 0.1) is 11.3 Å². The van der Waals surface area contributed by atoms with Crippen molar-refractivity contribution in [3.8, 4) is 23.3 Å². The van der Waals surface area contributed by atoms with E-state index in [0.29, 0.717) is 28.5 Å². The number of hydrogen-bond acceptors (Lipinski definition) is 5. The zero-order chi connectivity index (χ0) is 20.0. The number of anilines is 1. The Morgan fingerprint density at radius 2 is 1.74 bits per heavy atom. The third-order valence-electron chi connectivity index (χ3n) is 3.61. The van der Waals surface area contributed by atoms with Crippen LogP contribution in [-0.4, -0.2) is 27.2 Å². The van der Waals surface area contributed by atoms with Crippen molar-refractivity contribution in [1.82, 2.24) is 0 Å². The zero-order valence-electron chi connectivity index (χ0n) is 14.8. The van der Waals surface area contributed by atoms with Gasteiger partial charge in [-0.05, 0) is 18.2 Å². The molecule has 2 rings (SSSR count). The molecule has 27 heavy (non-hydrogen) atoms. The SMILES string of the molecule is COc1cc(OC)c(/C=C(/C#N)C(=O)Nc2cccc(Cl)c2Cl)c(OC)c1. The van der Waals surface area contributed by atoms with Crippen molar-refractivity contribution >= 4 is 40.9 Å². The number of benzene rings is 2. The van der Waals surface area contributed by atoms with Gasteiger partial charge in [0.2, 0.25) is 0 Å². The standard InChI is InChI=1S/C19H16Cl2N2O4/c1-25-12-8-16(26-2)13(17(9-12)27-3)7-11(10-22)19(24)23-15-6-4-5-14(20)18(15)21/h4-9H,1-3H3,(H,23,24)/b11-7-. The molecule has 0 aliphatic rings. The summed E-state index contributed by atoms with van der Waals surface area (Å²) in [4.78, 5) is 12.5. The molecular weight excluding hydrogens is 391 g/mol. The van der Waals surface area contributed by atoms with Crippen LogP contribution in [0.15, 0.2) is 35.9 Å². The van der Waals surface area contributed by atoms with E-state index in [0.717, 1.165) is 0 Å². The first-order valence-electron chi connectivity index (χ1n) is 7.62. The quantitative estimate of drug-likeness (QED) is 0.561. The molecule has 0 saturated carbocycles. The highest BCUT2D eigenvalue weighted by atomic mass is 35.5. The van der Waals surface area contributed by atoms with Crippen LogP contribution >= 0.6 is 23.2 Å². The molecule has 0 aliphatic carbocycles. The number of rotatable bonds is 6. The summed E-state index contributed by atoms with van der Waals surface area (Å²) in [6.45, 7) is 0. The smallest absolute Gasteiger partial charge is 0.266 e. The monoisotopic (exact) mass is 406 g/mol. The molecule has 0 unspecified atom stereocenters. The van der Waals surface area contributed by atoms with Crippen molar-refractivity contribution in [2.75, 3.05) is 26.6 Å². The number of ether oxygens (including phenoxy) is 3. The maximum absolute atomic E-state index is 12.5. The molecule has 6 nitrogen and oxygen atoms in total. The first kappa shape index (κ1) is 20.4. The maximum Gasteiger partial charge on any atom is 0.266 e. The number of amides is 1. The predicted molar refractivity (Wildman–Crippen MR) is 105 cm³/mol. The summed E-state index contributed by atoms with van der Waals surface area (Å²) < 4.78 is 15.8. The second-order valence-electron chi connectivity index (χ2n) is 5.17. The molecule has 0 fully saturated rings. The molecule has 0 bridgehead atoms. The van der Waals surface area contributed by atoms with Crippen LogP contribution in [0.3, 0.4) is 0 Å². The molecule has 1 N–H and O–H groups in total. The van der Waals surface area contributed by atoms with Gasteiger partial charge in [-0.25, -0.2) is 0 Å². The Hall–Kier alpha value is -2.88. The summed E-state index contributed by atoms with van der Waals surface area (Å²) >= 11 is 12.0. The lowest BCUT2D eigenvalue weighted by molar-refractivity contribution is -0.112. The maximum atomic E-state index is 12.5. The summed E-state index contributed by atoms with van der Waals surface area (Å²) in [5.41, 5.74) is 0.543. The number of halogens is 2. The van der Waals surface area contributed by atoms with Crippen LogP contribution in [0.1, 0.15) is 5.56 Å². The van der Waals surface area contributed by atoms with Gasteiger partial charge in [-0.1, -0.05) is 29.3 Å². The molecule has 0 atom stereocenters. The van der Waals surface area contributed by atoms with Gasteiger partial charge in [0, 0.05) is 12.1 Å². The molecule has 8 heteroatoms. The number of carbonyl (C=O) groups excluding carboxylic acids is 1. The molecule has 0 aliphatic heterocycles. The van der Waals surface area contributed by atoms with E-state index in [1.807, 2.05) is 6.07 Å². The fraction of sp³-hybridized carbons (Fsp3) is 0.158. The Kier molecular flexibility index (Phi) is 6.94. The van der Waals surface area contributed by atoms with E-state index in [9.17, 15) is 10.1 Å². The van der Waals surface area contributed by atoms with Gasteiger partial charge in [0.05, 0.1) is 42.6 Å². The van der Waals surface area contributed by atoms with Crippen LogP contribution in [0.5, 0.6) is 17.2 Å². The van der Waals surface area contributed by atoms with Crippen LogP contribution < -0.4 is 19.5 Å². The molecule has 2 aromatic carbocycles. The Balaban J connectivity index is 2.45. The van der Waals surface area contributed by atoms with Gasteiger partial charge in [0.25, 0.3) is 5.91 Å². The van der Waals surface area contributed by atoms with Crippen LogP contribution in [-0.2, 0) is 4.79 Å². The van der Waals surface area contributed by atoms with Gasteiger partial charge in [-0.3, -0.25) is 4.79 Å². The second-order valence-corrected chi connectivity index (χ2v) is 5.96. The minimum absolute atomic E-state index is 0.173. The lowest BCUT2D eigenvalue weighted by atomic mass is 10.1. The van der Waals surface area contributed by atoms with Crippen LogP contribution in [0.2, 0.25) is 10.0 Å². The van der Waals surface area contributed by atoms with Crippen molar-refractivity contribution < 1.29 is 19.0 Å². The molecule has 2 aromatic rings. The molecular formula is C19H16Cl2N2O4. The Morgan fingerprint density at radius 1 is 1.11 bits per heavy atom. The second kappa shape index (κ2) is 9.17. The first-order valence-corrected chi connectivity index (χ1v) is 8.37. The number of carbonyl (C=O) groups is 1. The van der Waals surface area contributed by atoms with E-state index in [1.54, 1.807) is 30.3 Å². The number of hydrogen-bond donors (Lipinski definition) is 1. The number of nitriles is 1. The normalized spacial score (nSPS) is 10.7. The highest BCUT2D eigenvalue weighted by molar-refractivity contribution is 6.44. The van der Waals surface area contributed by atoms with Crippen LogP contribution in [0.4, 0.5) is 5.69 Å². The average molecular weight is 407 g/mol. The lowest BCUT2D eigenvalue weighted by Crippen LogP contribution is -2.14. The largest absolute Gasteiger partial charge is 0.496 e. The summed E-state index contributed by atoms with van der Waals surface area (Å²) in [5.74, 6) is 0.621. The van der Waals surface area contributed by atoms with Crippen LogP contribution in [0.25, 0.3) is 6.08 Å². The van der Waals surface area contributed by atoms with E-state index >= 15 is 0 Å². The zero-order valence-corrected chi connectivity index (χ0v) is 16.3. The van der Waals surface area contributed by atoms with Gasteiger partial charge in [-0.2, -0.15) is 5.26 Å². The van der Waals surface area contributed by atoms with Gasteiger partial charge in [-0.15, -0.1) is 0 Å². The molecule has 0 heterocycles. The van der Waals surface area contributed by atoms with Crippen molar-refractivity contribution in [2.24, 2.45) is 0 Å². The molecule has 1 amide bonds. The topological polar surface area (TPSA) is 80.6 Å².